The lowest BCUT2D eigenvalue weighted by Gasteiger charge is -2.17. The normalized spacial score (nSPS) is 14.9. The maximum absolute atomic E-state index is 2.37. The van der Waals surface area contributed by atoms with Crippen molar-refractivity contribution in [2.75, 3.05) is 40.5 Å². The first-order valence-corrected chi connectivity index (χ1v) is 9.91. The van der Waals surface area contributed by atoms with Gasteiger partial charge in [0.15, 0.2) is 0 Å². The Kier molecular flexibility index (Phi) is 19.0. The summed E-state index contributed by atoms with van der Waals surface area (Å²) in [6.07, 6.45) is 19.5. The van der Waals surface area contributed by atoms with Crippen molar-refractivity contribution >= 4 is 29.4 Å². The number of unbranched alkanes of at least 4 members (excludes halogenated alkanes) is 6. The van der Waals surface area contributed by atoms with Gasteiger partial charge in [-0.2, -0.15) is 0 Å². The molecule has 0 aromatic rings. The first-order valence-electron chi connectivity index (χ1n) is 9.91. The second kappa shape index (κ2) is 17.8. The Hall–Kier alpha value is -0.550. The van der Waals surface area contributed by atoms with E-state index in [9.17, 15) is 0 Å². The van der Waals surface area contributed by atoms with Gasteiger partial charge in [-0.3, -0.25) is 0 Å². The maximum atomic E-state index is 2.37. The average Bonchev–Trinajstić information content (AvgIpc) is 3.17. The molecular formula is C20H42BrClN4. The van der Waals surface area contributed by atoms with E-state index in [-0.39, 0.29) is 29.4 Å². The first-order chi connectivity index (χ1) is 11.7. The molecule has 0 unspecified atom stereocenters. The van der Waals surface area contributed by atoms with Gasteiger partial charge in [0.25, 0.3) is 0 Å². The third-order valence-corrected chi connectivity index (χ3v) is 4.47. The van der Waals surface area contributed by atoms with E-state index in [1.165, 1.54) is 64.5 Å². The summed E-state index contributed by atoms with van der Waals surface area (Å²) in [7, 11) is 4.23. The van der Waals surface area contributed by atoms with E-state index in [1.54, 1.807) is 0 Å². The summed E-state index contributed by atoms with van der Waals surface area (Å²) in [6, 6.07) is 0. The van der Waals surface area contributed by atoms with Gasteiger partial charge in [-0.25, -0.2) is 0 Å². The van der Waals surface area contributed by atoms with Gasteiger partial charge in [0, 0.05) is 52.0 Å². The summed E-state index contributed by atoms with van der Waals surface area (Å²) in [5.41, 5.74) is 0. The van der Waals surface area contributed by atoms with Gasteiger partial charge >= 0.3 is 0 Å². The smallest absolute Gasteiger partial charge is 0.0890 e. The number of rotatable bonds is 10. The van der Waals surface area contributed by atoms with Crippen molar-refractivity contribution in [1.29, 1.82) is 0 Å². The molecule has 0 aliphatic carbocycles. The lowest BCUT2D eigenvalue weighted by Crippen LogP contribution is -2.23. The molecule has 6 heteroatoms. The molecule has 2 aliphatic rings. The number of hydrogen-bond donors (Lipinski definition) is 0. The Morgan fingerprint density at radius 1 is 0.615 bits per heavy atom. The van der Waals surface area contributed by atoms with Crippen molar-refractivity contribution in [3.8, 4) is 0 Å². The van der Waals surface area contributed by atoms with Gasteiger partial charge in [0.2, 0.25) is 0 Å². The van der Waals surface area contributed by atoms with Crippen LogP contribution in [0.3, 0.4) is 0 Å². The average molecular weight is 454 g/mol. The zero-order valence-corrected chi connectivity index (χ0v) is 19.9. The summed E-state index contributed by atoms with van der Waals surface area (Å²) >= 11 is 0. The summed E-state index contributed by atoms with van der Waals surface area (Å²) in [4.78, 5) is 9.16. The molecule has 2 rings (SSSR count). The minimum absolute atomic E-state index is 0. The Morgan fingerprint density at radius 3 is 1.27 bits per heavy atom. The van der Waals surface area contributed by atoms with Crippen LogP contribution in [-0.4, -0.2) is 60.1 Å². The van der Waals surface area contributed by atoms with Crippen LogP contribution in [0.2, 0.25) is 0 Å². The van der Waals surface area contributed by atoms with Crippen molar-refractivity contribution in [3.63, 3.8) is 0 Å². The van der Waals surface area contributed by atoms with Gasteiger partial charge in [-0.1, -0.05) is 52.4 Å². The predicted octanol–water partition coefficient (Wildman–Crippen LogP) is 5.49. The second-order valence-corrected chi connectivity index (χ2v) is 7.14. The Labute approximate surface area is 179 Å². The van der Waals surface area contributed by atoms with Crippen LogP contribution in [0.15, 0.2) is 24.8 Å². The highest BCUT2D eigenvalue weighted by molar-refractivity contribution is 8.93. The monoisotopic (exact) mass is 452 g/mol. The van der Waals surface area contributed by atoms with Crippen LogP contribution in [0.5, 0.6) is 0 Å². The fourth-order valence-electron chi connectivity index (χ4n) is 2.95. The number of nitrogens with zero attached hydrogens (tertiary/aromatic N) is 4. The molecule has 4 nitrogen and oxygen atoms in total. The Morgan fingerprint density at radius 2 is 1.00 bits per heavy atom. The fraction of sp³-hybridized carbons (Fsp3) is 0.800. The maximum Gasteiger partial charge on any atom is 0.0890 e. The minimum Gasteiger partial charge on any atom is -0.362 e. The van der Waals surface area contributed by atoms with E-state index in [2.05, 4.69) is 72.3 Å². The van der Waals surface area contributed by atoms with Crippen molar-refractivity contribution in [2.24, 2.45) is 0 Å². The van der Waals surface area contributed by atoms with Gasteiger partial charge in [0.05, 0.1) is 13.3 Å². The van der Waals surface area contributed by atoms with E-state index < -0.39 is 0 Å². The third kappa shape index (κ3) is 13.6. The molecule has 26 heavy (non-hydrogen) atoms. The lowest BCUT2D eigenvalue weighted by atomic mass is 10.2. The van der Waals surface area contributed by atoms with Crippen molar-refractivity contribution < 1.29 is 0 Å². The van der Waals surface area contributed by atoms with Crippen LogP contribution in [0.25, 0.3) is 0 Å². The van der Waals surface area contributed by atoms with Gasteiger partial charge < -0.3 is 19.6 Å². The van der Waals surface area contributed by atoms with E-state index >= 15 is 0 Å². The number of halogens is 2. The second-order valence-electron chi connectivity index (χ2n) is 7.14. The van der Waals surface area contributed by atoms with Crippen LogP contribution in [0.4, 0.5) is 0 Å². The molecule has 156 valence electrons. The zero-order chi connectivity index (χ0) is 17.6. The van der Waals surface area contributed by atoms with E-state index in [4.69, 9.17) is 0 Å². The molecule has 0 saturated carbocycles. The third-order valence-electron chi connectivity index (χ3n) is 4.47. The van der Waals surface area contributed by atoms with Gasteiger partial charge in [-0.15, -0.1) is 29.4 Å². The first kappa shape index (κ1) is 27.7. The molecular weight excluding hydrogens is 412 g/mol. The largest absolute Gasteiger partial charge is 0.362 e. The topological polar surface area (TPSA) is 13.0 Å². The number of hydrogen-bond acceptors (Lipinski definition) is 4. The highest BCUT2D eigenvalue weighted by Gasteiger charge is 2.07. The quantitative estimate of drug-likeness (QED) is 0.406. The molecule has 2 heterocycles. The lowest BCUT2D eigenvalue weighted by molar-refractivity contribution is 0.291. The van der Waals surface area contributed by atoms with E-state index in [0.717, 1.165) is 13.3 Å². The molecule has 0 atom stereocenters. The van der Waals surface area contributed by atoms with Crippen molar-refractivity contribution in [1.82, 2.24) is 19.6 Å². The summed E-state index contributed by atoms with van der Waals surface area (Å²) in [5.74, 6) is 0. The standard InChI is InChI=1S/2C10H20N2.BrH.ClH/c2*1-3-4-5-6-7-12-9-8-11(2)10-12;;/h2*8-9H,3-7,10H2,1-2H3;2*1H. The molecule has 2 aliphatic heterocycles. The summed E-state index contributed by atoms with van der Waals surface area (Å²) < 4.78 is 0. The Balaban J connectivity index is 0. The predicted molar refractivity (Wildman–Crippen MR) is 123 cm³/mol. The van der Waals surface area contributed by atoms with Crippen LogP contribution >= 0.6 is 29.4 Å². The SMILES string of the molecule is Br.CCCCCCN1C=CN(C)C1.CCCCCCN1C=CN(C)C1.Cl. The zero-order valence-electron chi connectivity index (χ0n) is 17.4. The molecule has 0 bridgehead atoms. The van der Waals surface area contributed by atoms with Crippen LogP contribution in [-0.2, 0) is 0 Å². The van der Waals surface area contributed by atoms with Gasteiger partial charge in [0.1, 0.15) is 0 Å². The highest BCUT2D eigenvalue weighted by atomic mass is 79.9. The molecule has 0 radical (unpaired) electrons. The van der Waals surface area contributed by atoms with Gasteiger partial charge in [-0.05, 0) is 12.8 Å². The molecule has 0 N–H and O–H groups in total. The van der Waals surface area contributed by atoms with E-state index in [1.807, 2.05) is 0 Å². The summed E-state index contributed by atoms with van der Waals surface area (Å²) in [5, 5.41) is 0. The van der Waals surface area contributed by atoms with Crippen LogP contribution in [0.1, 0.15) is 65.2 Å². The fourth-order valence-corrected chi connectivity index (χ4v) is 2.95. The van der Waals surface area contributed by atoms with Crippen molar-refractivity contribution in [3.05, 3.63) is 24.8 Å². The Bertz CT molecular complexity index is 332. The highest BCUT2D eigenvalue weighted by Crippen LogP contribution is 2.07. The minimum atomic E-state index is 0. The molecule has 0 spiro atoms. The van der Waals surface area contributed by atoms with Crippen LogP contribution in [0, 0.1) is 0 Å². The molecule has 0 saturated heterocycles. The van der Waals surface area contributed by atoms with Crippen molar-refractivity contribution in [2.45, 2.75) is 65.2 Å². The molecule has 0 fully saturated rings. The molecule has 0 amide bonds. The molecule has 0 aromatic carbocycles. The summed E-state index contributed by atoms with van der Waals surface area (Å²) in [6.45, 7) is 9.10. The molecule has 0 aromatic heterocycles. The van der Waals surface area contributed by atoms with Crippen LogP contribution < -0.4 is 0 Å². The van der Waals surface area contributed by atoms with E-state index in [0.29, 0.717) is 0 Å².